The van der Waals surface area contributed by atoms with Gasteiger partial charge in [-0.3, -0.25) is 28.8 Å². The molecule has 4 N–H and O–H groups in total. The van der Waals surface area contributed by atoms with Gasteiger partial charge in [0.2, 0.25) is 0 Å². The van der Waals surface area contributed by atoms with Crippen LogP contribution in [0.5, 0.6) is 0 Å². The number of esters is 1. The van der Waals surface area contributed by atoms with Gasteiger partial charge in [0.1, 0.15) is 0 Å². The fourth-order valence-electron chi connectivity index (χ4n) is 9.41. The first-order valence-corrected chi connectivity index (χ1v) is 24.3. The second kappa shape index (κ2) is 26.8. The first kappa shape index (κ1) is 59.0. The Morgan fingerprint density at radius 1 is 0.643 bits per heavy atom. The zero-order chi connectivity index (χ0) is 50.0. The topological polar surface area (TPSA) is 196 Å². The van der Waals surface area contributed by atoms with Gasteiger partial charge in [0.15, 0.2) is 11.6 Å². The molecule has 2 aliphatic carbocycles. The van der Waals surface area contributed by atoms with Crippen molar-refractivity contribution in [1.82, 2.24) is 19.8 Å². The number of aliphatic carboxylic acids is 1. The van der Waals surface area contributed by atoms with Gasteiger partial charge in [-0.15, -0.1) is 0 Å². The van der Waals surface area contributed by atoms with E-state index < -0.39 is 5.97 Å². The largest absolute Gasteiger partial charge is 1.00 e. The van der Waals surface area contributed by atoms with Crippen LogP contribution in [0.15, 0.2) is 82.2 Å². The molecule has 2 aromatic carbocycles. The third kappa shape index (κ3) is 14.6. The molecule has 2 aromatic heterocycles. The zero-order valence-electron chi connectivity index (χ0n) is 43.6. The Morgan fingerprint density at radius 3 is 1.40 bits per heavy atom. The third-order valence-electron chi connectivity index (χ3n) is 12.6. The number of carboxylic acid groups (broad SMARTS) is 1. The van der Waals surface area contributed by atoms with Crippen LogP contribution in [-0.2, 0) is 36.8 Å². The third-order valence-corrected chi connectivity index (χ3v) is 12.6. The molecular weight excluding hydrogens is 896 g/mol. The number of fused-ring (bicyclic) bond motifs is 2. The minimum Gasteiger partial charge on any atom is -0.870 e. The Bertz CT molecular complexity index is 2740. The molecule has 70 heavy (non-hydrogen) atoms. The van der Waals surface area contributed by atoms with Crippen molar-refractivity contribution < 1.29 is 73.6 Å². The summed E-state index contributed by atoms with van der Waals surface area (Å²) in [6.45, 7) is 23.0. The van der Waals surface area contributed by atoms with Gasteiger partial charge in [-0.05, 0) is 146 Å². The number of carboxylic acids is 1. The Morgan fingerprint density at radius 2 is 1.04 bits per heavy atom. The van der Waals surface area contributed by atoms with Crippen molar-refractivity contribution in [3.05, 3.63) is 116 Å². The van der Waals surface area contributed by atoms with Crippen molar-refractivity contribution in [3.8, 4) is 0 Å². The second-order valence-corrected chi connectivity index (χ2v) is 19.0. The normalized spacial score (nSPS) is 13.7. The Labute approximate surface area is 435 Å². The quantitative estimate of drug-likeness (QED) is 0.0619. The van der Waals surface area contributed by atoms with E-state index >= 15 is 0 Å². The molecule has 13 nitrogen and oxygen atoms in total. The summed E-state index contributed by atoms with van der Waals surface area (Å²) >= 11 is 0. The van der Waals surface area contributed by atoms with E-state index in [0.29, 0.717) is 54.6 Å². The minimum atomic E-state index is -0.869. The molecule has 2 aliphatic rings. The molecule has 0 fully saturated rings. The van der Waals surface area contributed by atoms with Gasteiger partial charge in [-0.2, -0.15) is 0 Å². The summed E-state index contributed by atoms with van der Waals surface area (Å²) in [5.41, 5.74) is 12.3. The van der Waals surface area contributed by atoms with Crippen LogP contribution in [0.4, 0.5) is 0 Å². The number of allylic oxidation sites excluding steroid dienone is 6. The summed E-state index contributed by atoms with van der Waals surface area (Å²) in [5, 5.41) is 16.9. The number of ether oxygens (including phenoxy) is 1. The number of hydrogen-bond acceptors (Lipinski definition) is 8. The first-order chi connectivity index (χ1) is 32.3. The van der Waals surface area contributed by atoms with E-state index in [1.165, 1.54) is 0 Å². The fraction of sp³-hybridized carbons (Fsp3) is 0.464. The van der Waals surface area contributed by atoms with Crippen molar-refractivity contribution in [1.29, 1.82) is 0 Å². The number of carbonyl (C=O) groups is 6. The summed E-state index contributed by atoms with van der Waals surface area (Å²) in [6.07, 6.45) is 13.7. The van der Waals surface area contributed by atoms with E-state index in [1.807, 2.05) is 46.0 Å². The van der Waals surface area contributed by atoms with Gasteiger partial charge in [-0.1, -0.05) is 50.0 Å². The molecule has 372 valence electrons. The maximum Gasteiger partial charge on any atom is 1.00 e. The van der Waals surface area contributed by atoms with Crippen LogP contribution in [0.25, 0.3) is 21.8 Å². The number of amides is 2. The number of benzene rings is 2. The predicted octanol–water partition coefficient (Wildman–Crippen LogP) is 7.89. The molecule has 6 rings (SSSR count). The summed E-state index contributed by atoms with van der Waals surface area (Å²) in [5.74, 6) is -1.41. The number of hydrogen-bond donors (Lipinski definition) is 3. The molecule has 0 bridgehead atoms. The molecule has 0 atom stereocenters. The second-order valence-electron chi connectivity index (χ2n) is 19.0. The van der Waals surface area contributed by atoms with Gasteiger partial charge < -0.3 is 35.1 Å². The number of carbonyl (C=O) groups excluding carboxylic acids is 5. The van der Waals surface area contributed by atoms with Gasteiger partial charge in [0.05, 0.1) is 6.61 Å². The Kier molecular flexibility index (Phi) is 22.5. The van der Waals surface area contributed by atoms with Gasteiger partial charge in [0.25, 0.3) is 11.8 Å². The number of nitrogens with one attached hydrogen (secondary N) is 2. The fourth-order valence-corrected chi connectivity index (χ4v) is 9.41. The van der Waals surface area contributed by atoms with Crippen molar-refractivity contribution >= 4 is 57.1 Å². The summed E-state index contributed by atoms with van der Waals surface area (Å²) in [4.78, 5) is 75.4. The molecule has 0 aliphatic heterocycles. The molecule has 2 heterocycles. The van der Waals surface area contributed by atoms with Crippen molar-refractivity contribution in [2.24, 2.45) is 0 Å². The average Bonchev–Trinajstić information content (AvgIpc) is 3.80. The van der Waals surface area contributed by atoms with E-state index in [-0.39, 0.29) is 102 Å². The van der Waals surface area contributed by atoms with Crippen molar-refractivity contribution in [2.45, 2.75) is 152 Å². The van der Waals surface area contributed by atoms with E-state index in [9.17, 15) is 28.8 Å². The molecule has 2 amide bonds. The van der Waals surface area contributed by atoms with Crippen molar-refractivity contribution in [3.63, 3.8) is 0 Å². The van der Waals surface area contributed by atoms with Gasteiger partial charge in [-0.25, -0.2) is 0 Å². The number of aryl methyl sites for hydroxylation is 4. The Balaban J connectivity index is 0.000000361. The number of Topliss-reactive ketones (excluding diaryl/α,β-unsaturated/α-hetero) is 2. The summed E-state index contributed by atoms with van der Waals surface area (Å²) < 4.78 is 9.36. The molecule has 4 aromatic rings. The maximum absolute atomic E-state index is 13.5. The molecule has 0 spiro atoms. The average molecular weight is 969 g/mol. The first-order valence-electron chi connectivity index (χ1n) is 24.3. The summed E-state index contributed by atoms with van der Waals surface area (Å²) in [7, 11) is 0. The van der Waals surface area contributed by atoms with Crippen LogP contribution in [0.1, 0.15) is 169 Å². The molecule has 0 saturated heterocycles. The molecular formula is C56H73N4NaO9. The number of nitrogens with zero attached hydrogens (tertiary/aromatic N) is 2. The molecule has 0 radical (unpaired) electrons. The zero-order valence-corrected chi connectivity index (χ0v) is 45.6. The number of ketones is 2. The SMILES string of the molecule is CCCC1=C(CNC(=O)c2cc(CCC(=O)O)cc3c2c(C)cn3C(C)C)C(=O)CC(C)=C1.CCCC1=C(CNC(=O)c2cc(CCC(=O)OCC)cc3c2c(C)cn3C(C)C)C(=O)CC(C)=C1.[Na+].[OH-]. The van der Waals surface area contributed by atoms with Gasteiger partial charge >= 0.3 is 41.5 Å². The van der Waals surface area contributed by atoms with Crippen LogP contribution in [0.3, 0.4) is 0 Å². The van der Waals surface area contributed by atoms with Crippen LogP contribution in [-0.4, -0.2) is 74.7 Å². The minimum absolute atomic E-state index is 0. The molecule has 0 unspecified atom stereocenters. The van der Waals surface area contributed by atoms with Crippen LogP contribution in [0, 0.1) is 13.8 Å². The summed E-state index contributed by atoms with van der Waals surface area (Å²) in [6, 6.07) is 8.15. The molecule has 14 heteroatoms. The Hall–Kier alpha value is -5.34. The van der Waals surface area contributed by atoms with Crippen molar-refractivity contribution in [2.75, 3.05) is 19.7 Å². The van der Waals surface area contributed by atoms with Crippen LogP contribution < -0.4 is 40.2 Å². The van der Waals surface area contributed by atoms with E-state index in [0.717, 1.165) is 92.0 Å². The van der Waals surface area contributed by atoms with Gasteiger partial charge in [0, 0.05) is 107 Å². The number of aromatic nitrogens is 2. The predicted molar refractivity (Wildman–Crippen MR) is 272 cm³/mol. The number of rotatable bonds is 19. The van der Waals surface area contributed by atoms with Crippen LogP contribution in [0.2, 0.25) is 0 Å². The monoisotopic (exact) mass is 969 g/mol. The maximum atomic E-state index is 13.5. The standard InChI is InChI=1S/C29H38N2O4.C27H34N2O4.Na.H2O/c1-7-9-22-12-19(5)13-26(32)24(22)16-30-29(34)23-14-21(10-11-27(33)35-8-2)15-25-28(23)20(6)17-31(25)18(3)4;1-6-7-20-10-17(4)11-24(30)22(20)14-28-27(33)21-12-19(8-9-25(31)32)13-23-26(21)18(5)15-29(23)16(2)3;;/h12,14-15,17-18H,7-11,13,16H2,1-6H3,(H,30,34);10,12-13,15-16H,6-9,11,14H2,1-5H3,(H,28,33)(H,31,32);;1H2/q;;+1;/p-1. The smallest absolute Gasteiger partial charge is 0.870 e. The van der Waals surface area contributed by atoms with E-state index in [2.05, 4.69) is 85.7 Å². The van der Waals surface area contributed by atoms with E-state index in [1.54, 1.807) is 13.0 Å². The van der Waals surface area contributed by atoms with Crippen LogP contribution >= 0.6 is 0 Å². The molecule has 0 saturated carbocycles. The van der Waals surface area contributed by atoms with E-state index in [4.69, 9.17) is 9.84 Å².